The van der Waals surface area contributed by atoms with Gasteiger partial charge < -0.3 is 4.84 Å². The van der Waals surface area contributed by atoms with Gasteiger partial charge in [-0.15, -0.1) is 10.2 Å². The molecule has 0 bridgehead atoms. The van der Waals surface area contributed by atoms with Crippen molar-refractivity contribution in [1.29, 1.82) is 0 Å². The van der Waals surface area contributed by atoms with Crippen LogP contribution in [0.1, 0.15) is 26.3 Å². The zero-order chi connectivity index (χ0) is 24.0. The molecule has 0 unspecified atom stereocenters. The third-order valence-corrected chi connectivity index (χ3v) is 4.21. The Morgan fingerprint density at radius 2 is 1.52 bits per heavy atom. The number of hydrogen-bond acceptors (Lipinski definition) is 9. The van der Waals surface area contributed by atoms with Crippen LogP contribution in [0.25, 0.3) is 0 Å². The number of benzene rings is 3. The Morgan fingerprint density at radius 3 is 2.09 bits per heavy atom. The highest BCUT2D eigenvalue weighted by Gasteiger charge is 2.21. The smallest absolute Gasteiger partial charge is 0.338 e. The molecule has 166 valence electrons. The molecule has 12 nitrogen and oxygen atoms in total. The second-order valence-corrected chi connectivity index (χ2v) is 6.67. The van der Waals surface area contributed by atoms with E-state index >= 15 is 0 Å². The van der Waals surface area contributed by atoms with Crippen molar-refractivity contribution < 1.29 is 24.3 Å². The summed E-state index contributed by atoms with van der Waals surface area (Å²) in [6.07, 6.45) is 0. The second-order valence-electron chi connectivity index (χ2n) is 6.67. The number of non-ortho nitro benzene ring substituents is 2. The Bertz CT molecular complexity index is 1240. The molecule has 12 heteroatoms. The van der Waals surface area contributed by atoms with Crippen LogP contribution < -0.4 is 5.48 Å². The summed E-state index contributed by atoms with van der Waals surface area (Å²) in [5.41, 5.74) is 2.73. The van der Waals surface area contributed by atoms with Crippen LogP contribution in [-0.4, -0.2) is 21.7 Å². The van der Waals surface area contributed by atoms with E-state index in [0.29, 0.717) is 16.9 Å². The number of carbonyl (C=O) groups excluding carboxylic acids is 2. The number of nitro groups is 2. The Hall–Kier alpha value is -5.00. The first kappa shape index (κ1) is 22.7. The second kappa shape index (κ2) is 9.87. The van der Waals surface area contributed by atoms with E-state index in [1.165, 1.54) is 24.3 Å². The Balaban J connectivity index is 1.63. The summed E-state index contributed by atoms with van der Waals surface area (Å²) in [5.74, 6) is -1.56. The average Bonchev–Trinajstić information content (AvgIpc) is 2.81. The topological polar surface area (TPSA) is 166 Å². The van der Waals surface area contributed by atoms with Crippen molar-refractivity contribution in [3.63, 3.8) is 0 Å². The number of rotatable bonds is 7. The maximum Gasteiger partial charge on any atom is 0.363 e. The zero-order valence-corrected chi connectivity index (χ0v) is 17.0. The van der Waals surface area contributed by atoms with Crippen LogP contribution in [0.2, 0.25) is 0 Å². The fourth-order valence-corrected chi connectivity index (χ4v) is 2.62. The van der Waals surface area contributed by atoms with Crippen LogP contribution in [0.15, 0.2) is 77.0 Å². The van der Waals surface area contributed by atoms with Crippen molar-refractivity contribution >= 4 is 34.6 Å². The minimum Gasteiger partial charge on any atom is -0.338 e. The quantitative estimate of drug-likeness (QED) is 0.301. The molecule has 0 atom stereocenters. The van der Waals surface area contributed by atoms with Crippen LogP contribution in [0.3, 0.4) is 0 Å². The largest absolute Gasteiger partial charge is 0.363 e. The van der Waals surface area contributed by atoms with Crippen LogP contribution in [-0.2, 0) is 4.84 Å². The summed E-state index contributed by atoms with van der Waals surface area (Å²) in [6, 6.07) is 15.4. The van der Waals surface area contributed by atoms with Gasteiger partial charge in [-0.1, -0.05) is 17.7 Å². The van der Waals surface area contributed by atoms with Gasteiger partial charge in [0.15, 0.2) is 0 Å². The highest BCUT2D eigenvalue weighted by Crippen LogP contribution is 2.24. The fraction of sp³-hybridized carbons (Fsp3) is 0.0476. The molecule has 0 spiro atoms. The number of nitrogens with one attached hydrogen (secondary N) is 1. The first-order chi connectivity index (χ1) is 15.7. The molecule has 0 saturated heterocycles. The molecule has 0 aliphatic heterocycles. The third-order valence-electron chi connectivity index (χ3n) is 4.21. The van der Waals surface area contributed by atoms with Crippen molar-refractivity contribution in [2.45, 2.75) is 6.92 Å². The highest BCUT2D eigenvalue weighted by atomic mass is 16.7. The summed E-state index contributed by atoms with van der Waals surface area (Å²) in [5, 5.41) is 29.4. The number of anilines is 1. The summed E-state index contributed by atoms with van der Waals surface area (Å²) in [4.78, 5) is 49.2. The van der Waals surface area contributed by atoms with Crippen LogP contribution in [0.5, 0.6) is 0 Å². The lowest BCUT2D eigenvalue weighted by atomic mass is 10.1. The van der Waals surface area contributed by atoms with E-state index < -0.39 is 33.1 Å². The minimum atomic E-state index is -1.06. The van der Waals surface area contributed by atoms with Crippen molar-refractivity contribution in [2.75, 3.05) is 5.48 Å². The van der Waals surface area contributed by atoms with Gasteiger partial charge in [0.25, 0.3) is 17.3 Å². The molecule has 33 heavy (non-hydrogen) atoms. The van der Waals surface area contributed by atoms with Gasteiger partial charge >= 0.3 is 5.97 Å². The summed E-state index contributed by atoms with van der Waals surface area (Å²) in [7, 11) is 0. The van der Waals surface area contributed by atoms with Gasteiger partial charge in [0.05, 0.1) is 32.9 Å². The lowest BCUT2D eigenvalue weighted by molar-refractivity contribution is -0.394. The monoisotopic (exact) mass is 449 g/mol. The molecular formula is C21H15N5O7. The van der Waals surface area contributed by atoms with Crippen LogP contribution >= 0.6 is 0 Å². The molecule has 1 N–H and O–H groups in total. The maximum atomic E-state index is 12.2. The van der Waals surface area contributed by atoms with Crippen LogP contribution in [0.4, 0.5) is 22.7 Å². The lowest BCUT2D eigenvalue weighted by Crippen LogP contribution is -2.11. The normalized spacial score (nSPS) is 10.6. The first-order valence-electron chi connectivity index (χ1n) is 9.27. The van der Waals surface area contributed by atoms with Gasteiger partial charge in [-0.25, -0.2) is 10.3 Å². The molecule has 0 saturated carbocycles. The van der Waals surface area contributed by atoms with Gasteiger partial charge in [0.2, 0.25) is 0 Å². The van der Waals surface area contributed by atoms with E-state index in [9.17, 15) is 29.8 Å². The maximum absolute atomic E-state index is 12.2. The number of carbonyl (C=O) groups is 2. The average molecular weight is 449 g/mol. The molecule has 0 radical (unpaired) electrons. The minimum absolute atomic E-state index is 0.312. The standard InChI is InChI=1S/C21H15N5O7/c1-13-3-2-4-14(9-13)20(27)23-22-16-5-7-17(8-6-16)24-33-21(28)15-10-18(25(29)30)12-19(11-15)26(31)32/h2-12,24H,1H3. The Morgan fingerprint density at radius 1 is 0.879 bits per heavy atom. The van der Waals surface area contributed by atoms with Gasteiger partial charge in [-0.05, 0) is 43.3 Å². The van der Waals surface area contributed by atoms with E-state index in [0.717, 1.165) is 23.8 Å². The van der Waals surface area contributed by atoms with Crippen LogP contribution in [0, 0.1) is 27.2 Å². The number of nitro benzene ring substituents is 2. The molecule has 0 aliphatic carbocycles. The van der Waals surface area contributed by atoms with E-state index in [1.807, 2.05) is 13.0 Å². The molecule has 1 amide bonds. The predicted octanol–water partition coefficient (Wildman–Crippen LogP) is 4.92. The van der Waals surface area contributed by atoms with Crippen molar-refractivity contribution in [3.05, 3.63) is 104 Å². The zero-order valence-electron chi connectivity index (χ0n) is 17.0. The van der Waals surface area contributed by atoms with Crippen molar-refractivity contribution in [1.82, 2.24) is 0 Å². The lowest BCUT2D eigenvalue weighted by Gasteiger charge is -2.07. The number of nitrogens with zero attached hydrogens (tertiary/aromatic N) is 4. The molecule has 0 aliphatic rings. The first-order valence-corrected chi connectivity index (χ1v) is 9.27. The van der Waals surface area contributed by atoms with Crippen molar-refractivity contribution in [2.24, 2.45) is 10.2 Å². The van der Waals surface area contributed by atoms with Gasteiger partial charge in [0, 0.05) is 17.7 Å². The van der Waals surface area contributed by atoms with Gasteiger partial charge in [-0.2, -0.15) is 0 Å². The third kappa shape index (κ3) is 6.01. The number of aryl methyl sites for hydroxylation is 1. The molecule has 0 heterocycles. The Labute approximate surface area is 185 Å². The molecule has 0 aromatic heterocycles. The molecule has 3 rings (SSSR count). The summed E-state index contributed by atoms with van der Waals surface area (Å²) >= 11 is 0. The number of amides is 1. The SMILES string of the molecule is Cc1cccc(C(=O)N=Nc2ccc(NOC(=O)c3cc([N+](=O)[O-])cc([N+](=O)[O-])c3)cc2)c1. The fourth-order valence-electron chi connectivity index (χ4n) is 2.62. The number of azo groups is 1. The molecular weight excluding hydrogens is 434 g/mol. The molecule has 3 aromatic carbocycles. The predicted molar refractivity (Wildman–Crippen MR) is 115 cm³/mol. The number of hydrogen-bond donors (Lipinski definition) is 1. The van der Waals surface area contributed by atoms with Gasteiger partial charge in [0.1, 0.15) is 0 Å². The molecule has 3 aromatic rings. The Kier molecular flexibility index (Phi) is 6.78. The van der Waals surface area contributed by atoms with E-state index in [1.54, 1.807) is 18.2 Å². The molecule has 0 fully saturated rings. The summed E-state index contributed by atoms with van der Waals surface area (Å²) < 4.78 is 0. The van der Waals surface area contributed by atoms with E-state index in [-0.39, 0.29) is 5.56 Å². The summed E-state index contributed by atoms with van der Waals surface area (Å²) in [6.45, 7) is 1.85. The van der Waals surface area contributed by atoms with E-state index in [4.69, 9.17) is 4.84 Å². The van der Waals surface area contributed by atoms with Gasteiger partial charge in [-0.3, -0.25) is 25.0 Å². The highest BCUT2D eigenvalue weighted by molar-refractivity contribution is 5.94. The van der Waals surface area contributed by atoms with Crippen molar-refractivity contribution in [3.8, 4) is 0 Å². The van der Waals surface area contributed by atoms with E-state index in [2.05, 4.69) is 15.7 Å².